The molecule has 8 heteroatoms. The molecule has 1 aliphatic heterocycles. The number of amides is 3. The number of nitrogens with zero attached hydrogens (tertiary/aromatic N) is 1. The molecule has 0 bridgehead atoms. The van der Waals surface area contributed by atoms with Crippen LogP contribution in [-0.2, 0) is 19.2 Å². The van der Waals surface area contributed by atoms with Crippen LogP contribution in [0.1, 0.15) is 24.5 Å². The number of rotatable bonds is 6. The second kappa shape index (κ2) is 7.69. The monoisotopic (exact) mass is 364 g/mol. The molecule has 1 heterocycles. The van der Waals surface area contributed by atoms with Gasteiger partial charge in [0.15, 0.2) is 0 Å². The van der Waals surface area contributed by atoms with E-state index >= 15 is 0 Å². The Balaban J connectivity index is 2.13. The molecule has 134 valence electrons. The predicted octanol–water partition coefficient (Wildman–Crippen LogP) is 1.26. The molecule has 2 N–H and O–H groups in total. The lowest BCUT2D eigenvalue weighted by atomic mass is 10.1. The minimum atomic E-state index is -1.17. The van der Waals surface area contributed by atoms with E-state index in [0.717, 1.165) is 22.9 Å². The molecule has 0 saturated carbocycles. The van der Waals surface area contributed by atoms with Crippen LogP contribution >= 0.6 is 11.8 Å². The summed E-state index contributed by atoms with van der Waals surface area (Å²) in [6.45, 7) is 4.90. The Bertz CT molecular complexity index is 713. The van der Waals surface area contributed by atoms with Crippen LogP contribution in [0.4, 0.5) is 5.69 Å². The Kier molecular flexibility index (Phi) is 5.84. The molecule has 25 heavy (non-hydrogen) atoms. The number of hydrogen-bond donors (Lipinski definition) is 2. The Labute approximate surface area is 149 Å². The average molecular weight is 364 g/mol. The lowest BCUT2D eigenvalue weighted by molar-refractivity contribution is -0.140. The number of benzene rings is 1. The molecular weight excluding hydrogens is 344 g/mol. The van der Waals surface area contributed by atoms with Gasteiger partial charge in [0.1, 0.15) is 6.04 Å². The largest absolute Gasteiger partial charge is 0.480 e. The van der Waals surface area contributed by atoms with Gasteiger partial charge in [0.2, 0.25) is 17.7 Å². The van der Waals surface area contributed by atoms with E-state index in [0.29, 0.717) is 5.69 Å². The zero-order valence-corrected chi connectivity index (χ0v) is 15.1. The third kappa shape index (κ3) is 4.19. The van der Waals surface area contributed by atoms with Crippen molar-refractivity contribution in [2.24, 2.45) is 0 Å². The van der Waals surface area contributed by atoms with Crippen molar-refractivity contribution in [1.29, 1.82) is 0 Å². The number of carboxylic acids is 1. The number of hydrogen-bond acceptors (Lipinski definition) is 5. The maximum Gasteiger partial charge on any atom is 0.327 e. The summed E-state index contributed by atoms with van der Waals surface area (Å²) in [7, 11) is 0. The molecule has 0 spiro atoms. The molecule has 2 rings (SSSR count). The first kappa shape index (κ1) is 19.0. The van der Waals surface area contributed by atoms with Crippen LogP contribution in [0.2, 0.25) is 0 Å². The summed E-state index contributed by atoms with van der Waals surface area (Å²) in [4.78, 5) is 48.5. The van der Waals surface area contributed by atoms with E-state index in [2.05, 4.69) is 5.32 Å². The highest BCUT2D eigenvalue weighted by molar-refractivity contribution is 8.00. The van der Waals surface area contributed by atoms with Gasteiger partial charge in [-0.15, -0.1) is 11.8 Å². The van der Waals surface area contributed by atoms with Gasteiger partial charge in [-0.05, 0) is 25.0 Å². The summed E-state index contributed by atoms with van der Waals surface area (Å²) in [5, 5.41) is 10.8. The summed E-state index contributed by atoms with van der Waals surface area (Å²) < 4.78 is 0. The number of imide groups is 1. The van der Waals surface area contributed by atoms with Crippen LogP contribution in [0.25, 0.3) is 0 Å². The lowest BCUT2D eigenvalue weighted by Gasteiger charge is -2.20. The van der Waals surface area contributed by atoms with E-state index in [1.54, 1.807) is 0 Å². The third-order valence-corrected chi connectivity index (χ3v) is 5.20. The first-order valence-electron chi connectivity index (χ1n) is 7.77. The summed E-state index contributed by atoms with van der Waals surface area (Å²) >= 11 is 1.08. The average Bonchev–Trinajstić information content (AvgIpc) is 2.78. The SMILES string of the molecule is CC(=O)N[C@H](CS[C@@H]1CC(=O)N(c2c(C)cccc2C)C1=O)C(=O)O. The highest BCUT2D eigenvalue weighted by Crippen LogP contribution is 2.33. The Hall–Kier alpha value is -2.35. The zero-order chi connectivity index (χ0) is 18.7. The zero-order valence-electron chi connectivity index (χ0n) is 14.2. The first-order chi connectivity index (χ1) is 11.7. The van der Waals surface area contributed by atoms with Crippen LogP contribution in [-0.4, -0.2) is 45.8 Å². The molecule has 7 nitrogen and oxygen atoms in total. The van der Waals surface area contributed by atoms with E-state index in [4.69, 9.17) is 5.11 Å². The number of carbonyl (C=O) groups excluding carboxylic acids is 3. The Morgan fingerprint density at radius 1 is 1.32 bits per heavy atom. The van der Waals surface area contributed by atoms with Crippen molar-refractivity contribution < 1.29 is 24.3 Å². The maximum atomic E-state index is 12.7. The molecule has 0 radical (unpaired) electrons. The summed E-state index contributed by atoms with van der Waals surface area (Å²) in [6.07, 6.45) is 0.0175. The highest BCUT2D eigenvalue weighted by atomic mass is 32.2. The Morgan fingerprint density at radius 3 is 2.44 bits per heavy atom. The van der Waals surface area contributed by atoms with Gasteiger partial charge < -0.3 is 10.4 Å². The standard InChI is InChI=1S/C17H20N2O5S/c1-9-5-4-6-10(2)15(9)19-14(21)7-13(16(19)22)25-8-12(17(23)24)18-11(3)20/h4-6,12-13H,7-8H2,1-3H3,(H,18,20)(H,23,24)/t12-,13-/m1/s1. The van der Waals surface area contributed by atoms with Gasteiger partial charge >= 0.3 is 5.97 Å². The molecular formula is C17H20N2O5S. The number of thioether (sulfide) groups is 1. The molecule has 1 aliphatic rings. The minimum absolute atomic E-state index is 0.0131. The number of aryl methyl sites for hydroxylation is 2. The van der Waals surface area contributed by atoms with E-state index in [9.17, 15) is 19.2 Å². The van der Waals surface area contributed by atoms with Gasteiger partial charge in [0.05, 0.1) is 10.9 Å². The first-order valence-corrected chi connectivity index (χ1v) is 8.81. The number of carboxylic acid groups (broad SMARTS) is 1. The second-order valence-electron chi connectivity index (χ2n) is 5.93. The minimum Gasteiger partial charge on any atom is -0.480 e. The number of para-hydroxylation sites is 1. The van der Waals surface area contributed by atoms with Gasteiger partial charge in [0.25, 0.3) is 0 Å². The molecule has 1 saturated heterocycles. The normalized spacial score (nSPS) is 18.4. The van der Waals surface area contributed by atoms with Crippen LogP contribution in [0.5, 0.6) is 0 Å². The molecule has 0 unspecified atom stereocenters. The summed E-state index contributed by atoms with van der Waals surface area (Å²) in [6, 6.07) is 4.43. The van der Waals surface area contributed by atoms with Crippen molar-refractivity contribution >= 4 is 41.1 Å². The van der Waals surface area contributed by atoms with Crippen LogP contribution in [0.3, 0.4) is 0 Å². The molecule has 3 amide bonds. The molecule has 1 aromatic rings. The van der Waals surface area contributed by atoms with Crippen molar-refractivity contribution in [3.8, 4) is 0 Å². The van der Waals surface area contributed by atoms with Gasteiger partial charge in [-0.25, -0.2) is 9.69 Å². The van der Waals surface area contributed by atoms with Crippen LogP contribution in [0, 0.1) is 13.8 Å². The van der Waals surface area contributed by atoms with Crippen LogP contribution < -0.4 is 10.2 Å². The molecule has 2 atom stereocenters. The van der Waals surface area contributed by atoms with Crippen molar-refractivity contribution in [3.63, 3.8) is 0 Å². The second-order valence-corrected chi connectivity index (χ2v) is 7.16. The lowest BCUT2D eigenvalue weighted by Crippen LogP contribution is -2.42. The molecule has 0 aliphatic carbocycles. The number of carbonyl (C=O) groups is 4. The molecule has 0 aromatic heterocycles. The smallest absolute Gasteiger partial charge is 0.327 e. The van der Waals surface area contributed by atoms with E-state index < -0.39 is 23.2 Å². The third-order valence-electron chi connectivity index (χ3n) is 3.91. The van der Waals surface area contributed by atoms with Crippen LogP contribution in [0.15, 0.2) is 18.2 Å². The van der Waals surface area contributed by atoms with Gasteiger partial charge in [-0.3, -0.25) is 14.4 Å². The Morgan fingerprint density at radius 2 is 1.92 bits per heavy atom. The highest BCUT2D eigenvalue weighted by Gasteiger charge is 2.41. The van der Waals surface area contributed by atoms with Crippen molar-refractivity contribution in [3.05, 3.63) is 29.3 Å². The molecule has 1 fully saturated rings. The van der Waals surface area contributed by atoms with Crippen molar-refractivity contribution in [2.75, 3.05) is 10.7 Å². The quantitative estimate of drug-likeness (QED) is 0.737. The van der Waals surface area contributed by atoms with Gasteiger partial charge in [-0.2, -0.15) is 0 Å². The fraction of sp³-hybridized carbons (Fsp3) is 0.412. The summed E-state index contributed by atoms with van der Waals surface area (Å²) in [5.74, 6) is -2.27. The van der Waals surface area contributed by atoms with Crippen molar-refractivity contribution in [2.45, 2.75) is 38.5 Å². The number of nitrogens with one attached hydrogen (secondary N) is 1. The van der Waals surface area contributed by atoms with Crippen molar-refractivity contribution in [1.82, 2.24) is 5.32 Å². The maximum absolute atomic E-state index is 12.7. The fourth-order valence-corrected chi connectivity index (χ4v) is 3.92. The van der Waals surface area contributed by atoms with E-state index in [1.807, 2.05) is 32.0 Å². The predicted molar refractivity (Wildman–Crippen MR) is 94.5 cm³/mol. The number of anilines is 1. The molecule has 1 aromatic carbocycles. The van der Waals surface area contributed by atoms with E-state index in [-0.39, 0.29) is 24.0 Å². The summed E-state index contributed by atoms with van der Waals surface area (Å²) in [5.41, 5.74) is 2.25. The van der Waals surface area contributed by atoms with Gasteiger partial charge in [0, 0.05) is 19.1 Å². The number of aliphatic carboxylic acids is 1. The fourth-order valence-electron chi connectivity index (χ4n) is 2.76. The topological polar surface area (TPSA) is 104 Å². The van der Waals surface area contributed by atoms with E-state index in [1.165, 1.54) is 11.8 Å². The van der Waals surface area contributed by atoms with Gasteiger partial charge in [-0.1, -0.05) is 18.2 Å².